The fourth-order valence-corrected chi connectivity index (χ4v) is 12.0. The van der Waals surface area contributed by atoms with Gasteiger partial charge in [0.1, 0.15) is 24.2 Å². The summed E-state index contributed by atoms with van der Waals surface area (Å²) in [5.74, 6) is -1.65. The van der Waals surface area contributed by atoms with Crippen LogP contribution < -0.4 is 31.9 Å². The lowest BCUT2D eigenvalue weighted by atomic mass is 9.87. The number of benzene rings is 2. The summed E-state index contributed by atoms with van der Waals surface area (Å²) in [4.78, 5) is 92.0. The topological polar surface area (TPSA) is 206 Å². The van der Waals surface area contributed by atoms with Crippen molar-refractivity contribution in [1.82, 2.24) is 51.5 Å². The average molecular weight is 1080 g/mol. The minimum atomic E-state index is -0.773. The van der Waals surface area contributed by atoms with Gasteiger partial charge in [-0.15, -0.1) is 0 Å². The summed E-state index contributed by atoms with van der Waals surface area (Å²) in [6.45, 7) is 18.5. The highest BCUT2D eigenvalue weighted by Gasteiger charge is 2.46. The maximum absolute atomic E-state index is 14.5. The number of hydrogen-bond donors (Lipinski definition) is 6. The molecular formula is C60H94N10O8. The number of nitrogens with one attached hydrogen (secondary N) is 6. The third-order valence-electron chi connectivity index (χ3n) is 17.7. The van der Waals surface area contributed by atoms with Gasteiger partial charge < -0.3 is 61.0 Å². The summed E-state index contributed by atoms with van der Waals surface area (Å²) in [5.41, 5.74) is 4.77. The van der Waals surface area contributed by atoms with E-state index in [0.29, 0.717) is 38.9 Å². The molecule has 0 radical (unpaired) electrons. The molecule has 0 bridgehead atoms. The molecule has 2 aromatic carbocycles. The molecule has 7 rings (SSSR count). The van der Waals surface area contributed by atoms with Crippen molar-refractivity contribution in [2.75, 3.05) is 79.7 Å². The first kappa shape index (κ1) is 60.7. The van der Waals surface area contributed by atoms with Gasteiger partial charge in [0.25, 0.3) is 0 Å². The van der Waals surface area contributed by atoms with Crippen LogP contribution in [0.2, 0.25) is 0 Å². The van der Waals surface area contributed by atoms with Crippen LogP contribution in [-0.4, -0.2) is 183 Å². The van der Waals surface area contributed by atoms with E-state index in [9.17, 15) is 28.8 Å². The summed E-state index contributed by atoms with van der Waals surface area (Å²) in [6, 6.07) is 12.3. The quantitative estimate of drug-likeness (QED) is 0.0740. The number of ether oxygens (including phenoxy) is 2. The van der Waals surface area contributed by atoms with Crippen molar-refractivity contribution in [2.24, 2.45) is 11.8 Å². The summed E-state index contributed by atoms with van der Waals surface area (Å²) in [7, 11) is 3.43. The zero-order chi connectivity index (χ0) is 55.9. The van der Waals surface area contributed by atoms with Gasteiger partial charge in [0.05, 0.1) is 36.4 Å². The van der Waals surface area contributed by atoms with E-state index in [-0.39, 0.29) is 84.7 Å². The minimum absolute atomic E-state index is 0.125. The standard InChI is InChI=1S/C60H94N10O8/c1-9-39(3)53(65-55(71)41(5)61-7)59(75)69-37-45(35-51(69)57(73)63-49-25-15-21-43-19-11-13-23-47(43)49)77-33-17-27-67-29-31-68(32-30-67)28-18-34-78-46-36-52(58(74)64-50-26-16-22-44-20-12-14-24-48(44)50)70(38-46)60(76)54(40(4)10-2)66-56(72)42(6)62-8/h11-14,19-20,23-24,39-42,45-46,49-54,61-62H,9-10,15-18,21-22,25-38H2,1-8H3,(H,63,73)(H,64,74)(H,65,71)(H,66,72)/t39-,40-,41-,42-,45-,46-,49+,50+,51-,52-,53-,54-/m0/s1. The van der Waals surface area contributed by atoms with Gasteiger partial charge in [-0.05, 0) is 113 Å². The molecule has 0 saturated carbocycles. The van der Waals surface area contributed by atoms with Gasteiger partial charge in [-0.1, -0.05) is 89.1 Å². The summed E-state index contributed by atoms with van der Waals surface area (Å²) >= 11 is 0. The number of rotatable bonds is 26. The average Bonchev–Trinajstić information content (AvgIpc) is 4.12. The van der Waals surface area contributed by atoms with Crippen LogP contribution in [0.4, 0.5) is 0 Å². The summed E-state index contributed by atoms with van der Waals surface area (Å²) in [5, 5.41) is 18.6. The van der Waals surface area contributed by atoms with Crippen LogP contribution >= 0.6 is 0 Å². The number of amides is 6. The molecule has 2 aromatic rings. The van der Waals surface area contributed by atoms with Crippen molar-refractivity contribution < 1.29 is 38.2 Å². The molecule has 0 spiro atoms. The van der Waals surface area contributed by atoms with Crippen LogP contribution in [0.3, 0.4) is 0 Å². The predicted octanol–water partition coefficient (Wildman–Crippen LogP) is 4.02. The van der Waals surface area contributed by atoms with Crippen molar-refractivity contribution >= 4 is 35.4 Å². The van der Waals surface area contributed by atoms with E-state index in [2.05, 4.69) is 66.0 Å². The molecule has 6 N–H and O–H groups in total. The molecule has 12 atom stereocenters. The maximum atomic E-state index is 14.5. The zero-order valence-electron chi connectivity index (χ0n) is 48.2. The second-order valence-electron chi connectivity index (χ2n) is 22.9. The van der Waals surface area contributed by atoms with Crippen LogP contribution in [0.5, 0.6) is 0 Å². The Bertz CT molecular complexity index is 2160. The first-order valence-corrected chi connectivity index (χ1v) is 29.6. The molecule has 3 saturated heterocycles. The lowest BCUT2D eigenvalue weighted by Gasteiger charge is -2.34. The lowest BCUT2D eigenvalue weighted by molar-refractivity contribution is -0.143. The number of carbonyl (C=O) groups excluding carboxylic acids is 6. The van der Waals surface area contributed by atoms with Crippen LogP contribution in [-0.2, 0) is 51.1 Å². The molecule has 2 aliphatic carbocycles. The van der Waals surface area contributed by atoms with Crippen LogP contribution in [0.15, 0.2) is 48.5 Å². The third kappa shape index (κ3) is 15.7. The number of hydrogen-bond acceptors (Lipinski definition) is 12. The summed E-state index contributed by atoms with van der Waals surface area (Å²) < 4.78 is 13.0. The Morgan fingerprint density at radius 3 is 1.33 bits per heavy atom. The van der Waals surface area contributed by atoms with E-state index in [0.717, 1.165) is 102 Å². The van der Waals surface area contributed by atoms with Gasteiger partial charge in [-0.2, -0.15) is 0 Å². The molecule has 5 aliphatic rings. The molecule has 432 valence electrons. The smallest absolute Gasteiger partial charge is 0.246 e. The number of likely N-dealkylation sites (N-methyl/N-ethyl adjacent to an activating group) is 2. The molecule has 18 heteroatoms. The fraction of sp³-hybridized carbons (Fsp3) is 0.700. The van der Waals surface area contributed by atoms with Crippen molar-refractivity contribution in [3.8, 4) is 0 Å². The molecule has 3 heterocycles. The number of likely N-dealkylation sites (tertiary alicyclic amines) is 2. The molecule has 3 aliphatic heterocycles. The second kappa shape index (κ2) is 29.5. The number of aryl methyl sites for hydroxylation is 2. The monoisotopic (exact) mass is 1080 g/mol. The van der Waals surface area contributed by atoms with E-state index in [4.69, 9.17) is 9.47 Å². The van der Waals surface area contributed by atoms with Gasteiger partial charge in [0.2, 0.25) is 35.4 Å². The first-order valence-electron chi connectivity index (χ1n) is 29.6. The zero-order valence-corrected chi connectivity index (χ0v) is 48.2. The fourth-order valence-electron chi connectivity index (χ4n) is 12.0. The Balaban J connectivity index is 0.879. The number of nitrogens with zero attached hydrogens (tertiary/aromatic N) is 4. The van der Waals surface area contributed by atoms with E-state index in [1.807, 2.05) is 52.0 Å². The maximum Gasteiger partial charge on any atom is 0.246 e. The van der Waals surface area contributed by atoms with Gasteiger partial charge in [0.15, 0.2) is 0 Å². The van der Waals surface area contributed by atoms with E-state index in [1.165, 1.54) is 11.1 Å². The molecular weight excluding hydrogens is 989 g/mol. The van der Waals surface area contributed by atoms with Gasteiger partial charge in [-0.25, -0.2) is 0 Å². The molecule has 0 aromatic heterocycles. The van der Waals surface area contributed by atoms with Crippen molar-refractivity contribution in [3.05, 3.63) is 70.8 Å². The highest BCUT2D eigenvalue weighted by atomic mass is 16.5. The van der Waals surface area contributed by atoms with Gasteiger partial charge in [-0.3, -0.25) is 28.8 Å². The van der Waals surface area contributed by atoms with Crippen LogP contribution in [0, 0.1) is 11.8 Å². The third-order valence-corrected chi connectivity index (χ3v) is 17.7. The molecule has 78 heavy (non-hydrogen) atoms. The Hall–Kier alpha value is -4.98. The first-order chi connectivity index (χ1) is 37.6. The molecule has 3 fully saturated rings. The Morgan fingerprint density at radius 1 is 0.577 bits per heavy atom. The molecule has 6 amide bonds. The van der Waals surface area contributed by atoms with Crippen molar-refractivity contribution in [1.29, 1.82) is 0 Å². The van der Waals surface area contributed by atoms with Crippen molar-refractivity contribution in [2.45, 2.75) is 179 Å². The molecule has 18 nitrogen and oxygen atoms in total. The van der Waals surface area contributed by atoms with Crippen molar-refractivity contribution in [3.63, 3.8) is 0 Å². The number of fused-ring (bicyclic) bond motifs is 2. The van der Waals surface area contributed by atoms with E-state index >= 15 is 0 Å². The number of piperazine rings is 1. The normalized spacial score (nSPS) is 24.9. The van der Waals surface area contributed by atoms with Crippen LogP contribution in [0.1, 0.15) is 140 Å². The largest absolute Gasteiger partial charge is 0.376 e. The molecule has 0 unspecified atom stereocenters. The van der Waals surface area contributed by atoms with E-state index < -0.39 is 36.3 Å². The Labute approximate surface area is 465 Å². The van der Waals surface area contributed by atoms with E-state index in [1.54, 1.807) is 37.7 Å². The van der Waals surface area contributed by atoms with Gasteiger partial charge in [0, 0.05) is 78.4 Å². The Morgan fingerprint density at radius 2 is 0.962 bits per heavy atom. The summed E-state index contributed by atoms with van der Waals surface area (Å²) in [6.07, 6.45) is 8.73. The second-order valence-corrected chi connectivity index (χ2v) is 22.9. The highest BCUT2D eigenvalue weighted by molar-refractivity contribution is 5.95. The van der Waals surface area contributed by atoms with Crippen LogP contribution in [0.25, 0.3) is 0 Å². The minimum Gasteiger partial charge on any atom is -0.376 e. The van der Waals surface area contributed by atoms with Gasteiger partial charge >= 0.3 is 0 Å². The SMILES string of the molecule is CC[C@H](C)[C@H](NC(=O)[C@H](C)NC)C(=O)N1C[C@@H](OCCCN2CCN(CCCO[C@H]3C[C@@H](C(=O)N[C@@H]4CCCc5ccccc54)N(C(=O)[C@@H](NC(=O)[C@H](C)NC)[C@@H](C)CC)C3)CC2)C[C@H]1C(=O)N[C@@H]1CCCc2ccccc21. The predicted molar refractivity (Wildman–Crippen MR) is 302 cm³/mol. The number of carbonyl (C=O) groups is 6. The lowest BCUT2D eigenvalue weighted by Crippen LogP contribution is -2.57. The highest BCUT2D eigenvalue weighted by Crippen LogP contribution is 2.33. The Kier molecular flexibility index (Phi) is 22.9.